The second kappa shape index (κ2) is 7.17. The third-order valence-corrected chi connectivity index (χ3v) is 2.99. The fourth-order valence-electron chi connectivity index (χ4n) is 1.97. The number of carboxylic acids is 1. The number of hydrogen-bond donors (Lipinski definition) is 1. The van der Waals surface area contributed by atoms with Crippen molar-refractivity contribution < 1.29 is 9.90 Å². The predicted molar refractivity (Wildman–Crippen MR) is 86.1 cm³/mol. The number of anilines is 2. The van der Waals surface area contributed by atoms with Crippen LogP contribution in [0.15, 0.2) is 66.7 Å². The van der Waals surface area contributed by atoms with Gasteiger partial charge in [0, 0.05) is 23.8 Å². The van der Waals surface area contributed by atoms with Crippen molar-refractivity contribution in [2.24, 2.45) is 0 Å². The first-order valence-electron chi connectivity index (χ1n) is 6.87. The summed E-state index contributed by atoms with van der Waals surface area (Å²) in [6.07, 6.45) is 8.44. The van der Waals surface area contributed by atoms with E-state index in [2.05, 4.69) is 9.97 Å². The van der Waals surface area contributed by atoms with Crippen LogP contribution in [0.1, 0.15) is 24.2 Å². The lowest BCUT2D eigenvalue weighted by Crippen LogP contribution is -2.18. The normalized spacial score (nSPS) is 11.6. The molecule has 22 heavy (non-hydrogen) atoms. The van der Waals surface area contributed by atoms with Crippen LogP contribution >= 0.6 is 0 Å². The van der Waals surface area contributed by atoms with E-state index in [1.54, 1.807) is 0 Å². The number of nitrogens with zero attached hydrogens (tertiary/aromatic N) is 3. The number of carboxylic acid groups (broad SMARTS) is 1. The van der Waals surface area contributed by atoms with Gasteiger partial charge in [0.15, 0.2) is 0 Å². The van der Waals surface area contributed by atoms with Crippen molar-refractivity contribution >= 4 is 17.6 Å². The average Bonchev–Trinajstić information content (AvgIpc) is 2.56. The van der Waals surface area contributed by atoms with E-state index in [4.69, 9.17) is 5.11 Å². The summed E-state index contributed by atoms with van der Waals surface area (Å²) in [5.41, 5.74) is 1.86. The number of para-hydroxylation sites is 1. The van der Waals surface area contributed by atoms with Gasteiger partial charge >= 0.3 is 5.97 Å². The molecular formula is C17H17N3O2. The molecule has 1 aromatic heterocycles. The molecule has 2 rings (SSSR count). The topological polar surface area (TPSA) is 66.3 Å². The molecule has 0 bridgehead atoms. The maximum absolute atomic E-state index is 10.9. The van der Waals surface area contributed by atoms with E-state index in [9.17, 15) is 4.79 Å². The van der Waals surface area contributed by atoms with Gasteiger partial charge in [-0.3, -0.25) is 4.90 Å². The highest BCUT2D eigenvalue weighted by Crippen LogP contribution is 2.27. The van der Waals surface area contributed by atoms with Gasteiger partial charge in [-0.2, -0.15) is 0 Å². The third kappa shape index (κ3) is 3.38. The molecule has 1 heterocycles. The summed E-state index contributed by atoms with van der Waals surface area (Å²) in [4.78, 5) is 21.2. The highest BCUT2D eigenvalue weighted by atomic mass is 16.4. The monoisotopic (exact) mass is 295 g/mol. The van der Waals surface area contributed by atoms with Crippen LogP contribution in [0.2, 0.25) is 0 Å². The van der Waals surface area contributed by atoms with Crippen molar-refractivity contribution in [1.82, 2.24) is 9.97 Å². The smallest absolute Gasteiger partial charge is 0.338 e. The fraction of sp³-hybridized carbons (Fsp3) is 0.118. The molecule has 5 heteroatoms. The second-order valence-electron chi connectivity index (χ2n) is 4.46. The van der Waals surface area contributed by atoms with Crippen molar-refractivity contribution in [1.29, 1.82) is 0 Å². The molecule has 0 saturated carbocycles. The van der Waals surface area contributed by atoms with Crippen LogP contribution in [-0.4, -0.2) is 21.0 Å². The molecule has 0 atom stereocenters. The highest BCUT2D eigenvalue weighted by molar-refractivity contribution is 5.87. The molecule has 0 aliphatic carbocycles. The van der Waals surface area contributed by atoms with E-state index in [1.165, 1.54) is 12.4 Å². The summed E-state index contributed by atoms with van der Waals surface area (Å²) in [5.74, 6) is -0.625. The van der Waals surface area contributed by atoms with E-state index in [-0.39, 0.29) is 5.56 Å². The lowest BCUT2D eigenvalue weighted by molar-refractivity contribution is 0.0696. The van der Waals surface area contributed by atoms with Gasteiger partial charge in [-0.25, -0.2) is 14.8 Å². The van der Waals surface area contributed by atoms with Crippen LogP contribution in [0.25, 0.3) is 0 Å². The van der Waals surface area contributed by atoms with E-state index in [0.717, 1.165) is 11.4 Å². The van der Waals surface area contributed by atoms with Crippen LogP contribution < -0.4 is 4.90 Å². The Balaban J connectivity index is 2.51. The van der Waals surface area contributed by atoms with Gasteiger partial charge in [0.1, 0.15) is 0 Å². The zero-order chi connectivity index (χ0) is 15.9. The zero-order valence-electron chi connectivity index (χ0n) is 12.5. The molecule has 0 radical (unpaired) electrons. The SMILES string of the molecule is C/C=C\C(=C/C)N(c1ccccc1)c1ncc(C(=O)O)cn1. The van der Waals surface area contributed by atoms with Crippen molar-refractivity contribution in [3.05, 3.63) is 72.2 Å². The lowest BCUT2D eigenvalue weighted by atomic mass is 10.2. The minimum absolute atomic E-state index is 0.0600. The van der Waals surface area contributed by atoms with Gasteiger partial charge in [0.2, 0.25) is 5.95 Å². The summed E-state index contributed by atoms with van der Waals surface area (Å²) in [5, 5.41) is 8.95. The summed E-state index contributed by atoms with van der Waals surface area (Å²) < 4.78 is 0. The zero-order valence-corrected chi connectivity index (χ0v) is 12.5. The first-order valence-corrected chi connectivity index (χ1v) is 6.87. The Bertz CT molecular complexity index is 692. The van der Waals surface area contributed by atoms with Gasteiger partial charge in [-0.1, -0.05) is 30.4 Å². The Morgan fingerprint density at radius 2 is 1.77 bits per heavy atom. The van der Waals surface area contributed by atoms with Crippen molar-refractivity contribution in [2.45, 2.75) is 13.8 Å². The molecule has 5 nitrogen and oxygen atoms in total. The van der Waals surface area contributed by atoms with E-state index in [1.807, 2.05) is 67.3 Å². The Morgan fingerprint density at radius 3 is 2.27 bits per heavy atom. The summed E-state index contributed by atoms with van der Waals surface area (Å²) in [7, 11) is 0. The molecule has 0 unspecified atom stereocenters. The molecule has 2 aromatic rings. The highest BCUT2D eigenvalue weighted by Gasteiger charge is 2.15. The lowest BCUT2D eigenvalue weighted by Gasteiger charge is -2.23. The first kappa shape index (κ1) is 15.4. The Labute approximate surface area is 129 Å². The summed E-state index contributed by atoms with van der Waals surface area (Å²) >= 11 is 0. The summed E-state index contributed by atoms with van der Waals surface area (Å²) in [6, 6.07) is 9.68. The largest absolute Gasteiger partial charge is 0.478 e. The van der Waals surface area contributed by atoms with Crippen LogP contribution in [0.3, 0.4) is 0 Å². The maximum Gasteiger partial charge on any atom is 0.338 e. The molecule has 0 fully saturated rings. The van der Waals surface area contributed by atoms with Gasteiger partial charge in [0.05, 0.1) is 5.56 Å². The van der Waals surface area contributed by atoms with Crippen LogP contribution in [0, 0.1) is 0 Å². The van der Waals surface area contributed by atoms with Crippen molar-refractivity contribution in [2.75, 3.05) is 4.90 Å². The minimum atomic E-state index is -1.04. The molecule has 0 saturated heterocycles. The number of benzene rings is 1. The molecule has 112 valence electrons. The number of allylic oxidation sites excluding steroid dienone is 3. The molecule has 0 amide bonds. The Morgan fingerprint density at radius 1 is 1.14 bits per heavy atom. The number of carbonyl (C=O) groups is 1. The van der Waals surface area contributed by atoms with Crippen molar-refractivity contribution in [3.8, 4) is 0 Å². The molecule has 0 aliphatic rings. The van der Waals surface area contributed by atoms with E-state index < -0.39 is 5.97 Å². The molecule has 0 spiro atoms. The van der Waals surface area contributed by atoms with Gasteiger partial charge in [0.25, 0.3) is 0 Å². The number of aromatic carboxylic acids is 1. The average molecular weight is 295 g/mol. The maximum atomic E-state index is 10.9. The number of rotatable bonds is 5. The number of hydrogen-bond acceptors (Lipinski definition) is 4. The van der Waals surface area contributed by atoms with Crippen LogP contribution in [-0.2, 0) is 0 Å². The Kier molecular flexibility index (Phi) is 5.03. The molecule has 1 N–H and O–H groups in total. The van der Waals surface area contributed by atoms with E-state index in [0.29, 0.717) is 5.95 Å². The molecule has 1 aromatic carbocycles. The second-order valence-corrected chi connectivity index (χ2v) is 4.46. The van der Waals surface area contributed by atoms with Gasteiger partial charge in [-0.05, 0) is 32.1 Å². The summed E-state index contributed by atoms with van der Waals surface area (Å²) in [6.45, 7) is 3.86. The fourth-order valence-corrected chi connectivity index (χ4v) is 1.97. The third-order valence-electron chi connectivity index (χ3n) is 2.99. The Hall–Kier alpha value is -2.95. The standard InChI is InChI=1S/C17H17N3O2/c1-3-8-14(4-2)20(15-9-6-5-7-10-15)17-18-11-13(12-19-17)16(21)22/h3-12H,1-2H3,(H,21,22)/b8-3-,14-4+. The van der Waals surface area contributed by atoms with Crippen molar-refractivity contribution in [3.63, 3.8) is 0 Å². The predicted octanol–water partition coefficient (Wildman–Crippen LogP) is 3.79. The number of aromatic nitrogens is 2. The molecular weight excluding hydrogens is 278 g/mol. The quantitative estimate of drug-likeness (QED) is 0.850. The van der Waals surface area contributed by atoms with E-state index >= 15 is 0 Å². The first-order chi connectivity index (χ1) is 10.7. The van der Waals surface area contributed by atoms with Crippen LogP contribution in [0.4, 0.5) is 11.6 Å². The van der Waals surface area contributed by atoms with Gasteiger partial charge < -0.3 is 5.11 Å². The van der Waals surface area contributed by atoms with Gasteiger partial charge in [-0.15, -0.1) is 0 Å². The molecule has 0 aliphatic heterocycles. The minimum Gasteiger partial charge on any atom is -0.478 e. The van der Waals surface area contributed by atoms with Crippen LogP contribution in [0.5, 0.6) is 0 Å².